The summed E-state index contributed by atoms with van der Waals surface area (Å²) in [4.78, 5) is 2.51. The Labute approximate surface area is 322 Å². The summed E-state index contributed by atoms with van der Waals surface area (Å²) in [5.41, 5.74) is 13.3. The lowest BCUT2D eigenvalue weighted by molar-refractivity contribution is 0.936. The number of hydrogen-bond acceptors (Lipinski definition) is 1. The molecular weight excluding hydrogens is 665 g/mol. The maximum atomic E-state index is 2.51. The van der Waals surface area contributed by atoms with Crippen LogP contribution in [0.3, 0.4) is 0 Å². The molecule has 55 heavy (non-hydrogen) atoms. The number of hydrogen-bond donors (Lipinski definition) is 0. The lowest BCUT2D eigenvalue weighted by Crippen LogP contribution is -2.12. The highest BCUT2D eigenvalue weighted by Gasteiger charge is 2.24. The molecule has 2 heteroatoms. The molecule has 0 amide bonds. The molecule has 0 spiro atoms. The van der Waals surface area contributed by atoms with E-state index in [0.717, 1.165) is 29.9 Å². The van der Waals surface area contributed by atoms with E-state index in [-0.39, 0.29) is 0 Å². The number of aromatic nitrogens is 1. The molecule has 2 nitrogen and oxygen atoms in total. The van der Waals surface area contributed by atoms with Gasteiger partial charge in [0, 0.05) is 38.6 Å². The van der Waals surface area contributed by atoms with E-state index in [1.54, 1.807) is 0 Å². The standard InChI is InChI=1S/C53H40N2/c1-2-17-44-45-31-28-40(38-20-9-4-10-21-38)35-50(45)53(47-32-29-39(34-48(44)47)37-18-7-3-8-19-37)54(41-22-11-5-12-23-41)43-30-33-52-49(36-43)46-26-15-16-27-51(46)55(52)42-24-13-6-14-25-42/h3-16,18-36H,2,17H2,1H3. The van der Waals surface area contributed by atoms with Gasteiger partial charge in [-0.25, -0.2) is 0 Å². The zero-order valence-corrected chi connectivity index (χ0v) is 30.9. The van der Waals surface area contributed by atoms with Crippen LogP contribution in [-0.4, -0.2) is 4.57 Å². The third-order valence-corrected chi connectivity index (χ3v) is 11.1. The Morgan fingerprint density at radius 3 is 1.62 bits per heavy atom. The Morgan fingerprint density at radius 2 is 0.945 bits per heavy atom. The average Bonchev–Trinajstić information content (AvgIpc) is 3.59. The van der Waals surface area contributed by atoms with Gasteiger partial charge in [-0.1, -0.05) is 153 Å². The number of para-hydroxylation sites is 3. The molecule has 0 unspecified atom stereocenters. The Bertz CT molecular complexity index is 2960. The Kier molecular flexibility index (Phi) is 8.22. The lowest BCUT2D eigenvalue weighted by atomic mass is 9.88. The van der Waals surface area contributed by atoms with Crippen LogP contribution in [-0.2, 0) is 6.42 Å². The van der Waals surface area contributed by atoms with Gasteiger partial charge in [0.05, 0.1) is 16.7 Å². The van der Waals surface area contributed by atoms with Crippen molar-refractivity contribution >= 4 is 60.4 Å². The quantitative estimate of drug-likeness (QED) is 0.143. The largest absolute Gasteiger partial charge is 0.309 e. The molecule has 0 bridgehead atoms. The summed E-state index contributed by atoms with van der Waals surface area (Å²) < 4.78 is 2.39. The SMILES string of the molecule is CCCc1c2cc(-c3ccccc3)ccc2c(N(c2ccccc2)c2ccc3c(c2)c2ccccc2n3-c2ccccc2)c2cc(-c3ccccc3)ccc12. The van der Waals surface area contributed by atoms with Gasteiger partial charge in [0.15, 0.2) is 0 Å². The summed E-state index contributed by atoms with van der Waals surface area (Å²) >= 11 is 0. The highest BCUT2D eigenvalue weighted by Crippen LogP contribution is 2.48. The van der Waals surface area contributed by atoms with Crippen LogP contribution >= 0.6 is 0 Å². The molecule has 10 aromatic rings. The maximum absolute atomic E-state index is 2.51. The van der Waals surface area contributed by atoms with E-state index in [0.29, 0.717) is 0 Å². The van der Waals surface area contributed by atoms with Gasteiger partial charge >= 0.3 is 0 Å². The molecule has 0 aliphatic heterocycles. The van der Waals surface area contributed by atoms with Crippen molar-refractivity contribution in [1.29, 1.82) is 0 Å². The lowest BCUT2D eigenvalue weighted by Gasteiger charge is -2.30. The average molecular weight is 705 g/mol. The molecule has 10 rings (SSSR count). The fourth-order valence-corrected chi connectivity index (χ4v) is 8.61. The normalized spacial score (nSPS) is 11.5. The summed E-state index contributed by atoms with van der Waals surface area (Å²) in [6.07, 6.45) is 2.05. The van der Waals surface area contributed by atoms with Gasteiger partial charge < -0.3 is 9.47 Å². The summed E-state index contributed by atoms with van der Waals surface area (Å²) in [5, 5.41) is 7.57. The number of rotatable bonds is 8. The van der Waals surface area contributed by atoms with Crippen LogP contribution in [0.4, 0.5) is 17.1 Å². The molecule has 0 fully saturated rings. The molecule has 0 saturated carbocycles. The molecule has 0 N–H and O–H groups in total. The summed E-state index contributed by atoms with van der Waals surface area (Å²) in [5.74, 6) is 0. The van der Waals surface area contributed by atoms with Crippen molar-refractivity contribution in [3.63, 3.8) is 0 Å². The van der Waals surface area contributed by atoms with E-state index < -0.39 is 0 Å². The second kappa shape index (κ2) is 13.8. The molecule has 0 atom stereocenters. The summed E-state index contributed by atoms with van der Waals surface area (Å²) in [6.45, 7) is 2.29. The van der Waals surface area contributed by atoms with Crippen molar-refractivity contribution in [3.8, 4) is 27.9 Å². The van der Waals surface area contributed by atoms with Crippen molar-refractivity contribution in [2.45, 2.75) is 19.8 Å². The highest BCUT2D eigenvalue weighted by atomic mass is 15.1. The minimum Gasteiger partial charge on any atom is -0.309 e. The van der Waals surface area contributed by atoms with E-state index in [4.69, 9.17) is 0 Å². The van der Waals surface area contributed by atoms with E-state index in [9.17, 15) is 0 Å². The van der Waals surface area contributed by atoms with Crippen LogP contribution in [0.15, 0.2) is 200 Å². The minimum atomic E-state index is 0.993. The molecule has 0 aliphatic carbocycles. The van der Waals surface area contributed by atoms with E-state index in [1.165, 1.54) is 76.9 Å². The number of benzene rings is 9. The molecule has 0 radical (unpaired) electrons. The van der Waals surface area contributed by atoms with E-state index in [2.05, 4.69) is 217 Å². The first-order chi connectivity index (χ1) is 27.3. The predicted octanol–water partition coefficient (Wildman–Crippen LogP) is 14.8. The number of anilines is 3. The van der Waals surface area contributed by atoms with Gasteiger partial charge in [-0.2, -0.15) is 0 Å². The van der Waals surface area contributed by atoms with Crippen molar-refractivity contribution in [3.05, 3.63) is 206 Å². The Balaban J connectivity index is 1.32. The number of nitrogens with zero attached hydrogens (tertiary/aromatic N) is 2. The number of aryl methyl sites for hydroxylation is 1. The Hall–Kier alpha value is -6.90. The van der Waals surface area contributed by atoms with E-state index in [1.807, 2.05) is 0 Å². The molecule has 1 heterocycles. The van der Waals surface area contributed by atoms with Crippen molar-refractivity contribution in [1.82, 2.24) is 4.57 Å². The molecule has 262 valence electrons. The smallest absolute Gasteiger partial charge is 0.0618 e. The third kappa shape index (κ3) is 5.66. The van der Waals surface area contributed by atoms with Crippen LogP contribution < -0.4 is 4.90 Å². The van der Waals surface area contributed by atoms with Crippen molar-refractivity contribution < 1.29 is 0 Å². The number of fused-ring (bicyclic) bond motifs is 5. The van der Waals surface area contributed by atoms with Gasteiger partial charge in [-0.3, -0.25) is 0 Å². The van der Waals surface area contributed by atoms with Gasteiger partial charge in [0.25, 0.3) is 0 Å². The monoisotopic (exact) mass is 704 g/mol. The molecular formula is C53H40N2. The van der Waals surface area contributed by atoms with Crippen molar-refractivity contribution in [2.75, 3.05) is 4.90 Å². The third-order valence-electron chi connectivity index (χ3n) is 11.1. The first kappa shape index (κ1) is 32.7. The minimum absolute atomic E-state index is 0.993. The first-order valence-corrected chi connectivity index (χ1v) is 19.3. The van der Waals surface area contributed by atoms with Crippen LogP contribution in [0.25, 0.3) is 71.3 Å². The van der Waals surface area contributed by atoms with Crippen LogP contribution in [0.2, 0.25) is 0 Å². The second-order valence-corrected chi connectivity index (χ2v) is 14.4. The fourth-order valence-electron chi connectivity index (χ4n) is 8.61. The van der Waals surface area contributed by atoms with Gasteiger partial charge in [-0.15, -0.1) is 0 Å². The molecule has 0 aliphatic rings. The van der Waals surface area contributed by atoms with Gasteiger partial charge in [0.2, 0.25) is 0 Å². The van der Waals surface area contributed by atoms with E-state index >= 15 is 0 Å². The predicted molar refractivity (Wildman–Crippen MR) is 235 cm³/mol. The molecule has 9 aromatic carbocycles. The first-order valence-electron chi connectivity index (χ1n) is 19.3. The zero-order valence-electron chi connectivity index (χ0n) is 30.9. The zero-order chi connectivity index (χ0) is 36.7. The van der Waals surface area contributed by atoms with Crippen LogP contribution in [0.1, 0.15) is 18.9 Å². The summed E-state index contributed by atoms with van der Waals surface area (Å²) in [6, 6.07) is 73.2. The van der Waals surface area contributed by atoms with Crippen LogP contribution in [0.5, 0.6) is 0 Å². The van der Waals surface area contributed by atoms with Gasteiger partial charge in [-0.05, 0) is 106 Å². The van der Waals surface area contributed by atoms with Crippen LogP contribution in [0, 0.1) is 0 Å². The Morgan fingerprint density at radius 1 is 0.382 bits per heavy atom. The summed E-state index contributed by atoms with van der Waals surface area (Å²) in [7, 11) is 0. The van der Waals surface area contributed by atoms with Crippen molar-refractivity contribution in [2.24, 2.45) is 0 Å². The maximum Gasteiger partial charge on any atom is 0.0618 e. The van der Waals surface area contributed by atoms with Gasteiger partial charge in [0.1, 0.15) is 0 Å². The second-order valence-electron chi connectivity index (χ2n) is 14.4. The fraction of sp³-hybridized carbons (Fsp3) is 0.0566. The topological polar surface area (TPSA) is 8.17 Å². The molecule has 0 saturated heterocycles. The molecule has 1 aromatic heterocycles. The highest BCUT2D eigenvalue weighted by molar-refractivity contribution is 6.18.